The minimum absolute atomic E-state index is 0.00333. The fraction of sp³-hybridized carbons (Fsp3) is 0.571. The van der Waals surface area contributed by atoms with E-state index in [-0.39, 0.29) is 24.1 Å². The fourth-order valence-electron chi connectivity index (χ4n) is 2.33. The molecule has 1 saturated carbocycles. The third-order valence-electron chi connectivity index (χ3n) is 3.77. The zero-order valence-electron chi connectivity index (χ0n) is 11.6. The van der Waals surface area contributed by atoms with Crippen LogP contribution in [0, 0.1) is 0 Å². The molecule has 0 radical (unpaired) electrons. The maximum Gasteiger partial charge on any atom is 0.243 e. The van der Waals surface area contributed by atoms with Gasteiger partial charge in [0.15, 0.2) is 0 Å². The van der Waals surface area contributed by atoms with Gasteiger partial charge in [-0.05, 0) is 37.5 Å². The Morgan fingerprint density at radius 3 is 2.30 bits per heavy atom. The summed E-state index contributed by atoms with van der Waals surface area (Å²) in [6.45, 7) is 1.59. The number of rotatable bonds is 6. The lowest BCUT2D eigenvalue weighted by atomic mass is 9.93. The summed E-state index contributed by atoms with van der Waals surface area (Å²) in [5, 5.41) is 18.5. The summed E-state index contributed by atoms with van der Waals surface area (Å²) < 4.78 is 26.6. The van der Waals surface area contributed by atoms with Crippen LogP contribution in [0.1, 0.15) is 37.9 Å². The van der Waals surface area contributed by atoms with Crippen LogP contribution in [0.25, 0.3) is 0 Å². The van der Waals surface area contributed by atoms with E-state index >= 15 is 0 Å². The molecule has 1 atom stereocenters. The zero-order chi connectivity index (χ0) is 14.8. The van der Waals surface area contributed by atoms with Crippen molar-refractivity contribution in [1.29, 1.82) is 0 Å². The summed E-state index contributed by atoms with van der Waals surface area (Å²) in [4.78, 5) is 0.210. The summed E-state index contributed by atoms with van der Waals surface area (Å²) >= 11 is 0. The van der Waals surface area contributed by atoms with Crippen LogP contribution in [0.2, 0.25) is 0 Å². The van der Waals surface area contributed by atoms with Crippen molar-refractivity contribution in [2.45, 2.75) is 43.2 Å². The van der Waals surface area contributed by atoms with E-state index in [2.05, 4.69) is 0 Å². The van der Waals surface area contributed by atoms with Crippen LogP contribution in [-0.2, 0) is 10.0 Å². The average Bonchev–Trinajstić information content (AvgIpc) is 2.36. The molecule has 0 saturated heterocycles. The molecule has 1 aliphatic carbocycles. The van der Waals surface area contributed by atoms with Crippen molar-refractivity contribution in [2.24, 2.45) is 0 Å². The highest BCUT2D eigenvalue weighted by Gasteiger charge is 2.34. The summed E-state index contributed by atoms with van der Waals surface area (Å²) in [6, 6.07) is 6.27. The Morgan fingerprint density at radius 2 is 1.90 bits per heavy atom. The van der Waals surface area contributed by atoms with E-state index in [1.165, 1.54) is 16.4 Å². The first kappa shape index (κ1) is 15.4. The predicted molar refractivity (Wildman–Crippen MR) is 75.7 cm³/mol. The predicted octanol–water partition coefficient (Wildman–Crippen LogP) is 1.28. The first-order valence-corrected chi connectivity index (χ1v) is 8.31. The van der Waals surface area contributed by atoms with Crippen LogP contribution in [0.5, 0.6) is 0 Å². The molecule has 2 N–H and O–H groups in total. The molecule has 6 heteroatoms. The van der Waals surface area contributed by atoms with Gasteiger partial charge in [-0.2, -0.15) is 4.31 Å². The second kappa shape index (κ2) is 6.22. The van der Waals surface area contributed by atoms with Gasteiger partial charge >= 0.3 is 0 Å². The number of benzene rings is 1. The Bertz CT molecular complexity index is 535. The number of nitrogens with zero attached hydrogens (tertiary/aromatic N) is 1. The van der Waals surface area contributed by atoms with Crippen molar-refractivity contribution in [3.05, 3.63) is 29.8 Å². The van der Waals surface area contributed by atoms with Gasteiger partial charge in [0.2, 0.25) is 10.0 Å². The van der Waals surface area contributed by atoms with E-state index in [4.69, 9.17) is 5.11 Å². The molecule has 0 heterocycles. The topological polar surface area (TPSA) is 77.8 Å². The van der Waals surface area contributed by atoms with E-state index in [1.807, 2.05) is 0 Å². The molecule has 0 aromatic heterocycles. The average molecular weight is 299 g/mol. The van der Waals surface area contributed by atoms with Gasteiger partial charge in [-0.25, -0.2) is 8.42 Å². The lowest BCUT2D eigenvalue weighted by Gasteiger charge is -2.36. The first-order chi connectivity index (χ1) is 9.46. The molecule has 0 spiro atoms. The third-order valence-corrected chi connectivity index (χ3v) is 5.74. The minimum Gasteiger partial charge on any atom is -0.395 e. The Balaban J connectivity index is 2.27. The van der Waals surface area contributed by atoms with Gasteiger partial charge in [-0.1, -0.05) is 18.6 Å². The van der Waals surface area contributed by atoms with Crippen LogP contribution in [0.4, 0.5) is 0 Å². The molecule has 20 heavy (non-hydrogen) atoms. The summed E-state index contributed by atoms with van der Waals surface area (Å²) in [6.07, 6.45) is 2.12. The highest BCUT2D eigenvalue weighted by Crippen LogP contribution is 2.30. The minimum atomic E-state index is -3.57. The quantitative estimate of drug-likeness (QED) is 0.829. The SMILES string of the molecule is CC(O)c1ccc(S(=O)(=O)N(CCO)C2CCC2)cc1. The highest BCUT2D eigenvalue weighted by atomic mass is 32.2. The molecular weight excluding hydrogens is 278 g/mol. The van der Waals surface area contributed by atoms with E-state index in [0.29, 0.717) is 5.56 Å². The van der Waals surface area contributed by atoms with E-state index in [0.717, 1.165) is 19.3 Å². The van der Waals surface area contributed by atoms with Crippen molar-refractivity contribution >= 4 is 10.0 Å². The number of aliphatic hydroxyl groups excluding tert-OH is 2. The van der Waals surface area contributed by atoms with Crippen molar-refractivity contribution in [3.8, 4) is 0 Å². The van der Waals surface area contributed by atoms with Gasteiger partial charge in [-0.3, -0.25) is 0 Å². The molecule has 5 nitrogen and oxygen atoms in total. The maximum atomic E-state index is 12.6. The molecule has 1 aromatic carbocycles. The Kier molecular flexibility index (Phi) is 4.80. The van der Waals surface area contributed by atoms with E-state index < -0.39 is 16.1 Å². The molecule has 0 amide bonds. The van der Waals surface area contributed by atoms with Crippen LogP contribution >= 0.6 is 0 Å². The molecule has 112 valence electrons. The second-order valence-corrected chi connectivity index (χ2v) is 7.06. The van der Waals surface area contributed by atoms with Crippen LogP contribution < -0.4 is 0 Å². The van der Waals surface area contributed by atoms with Gasteiger partial charge in [0, 0.05) is 12.6 Å². The molecule has 0 aliphatic heterocycles. The Labute approximate surface area is 119 Å². The van der Waals surface area contributed by atoms with Gasteiger partial charge in [-0.15, -0.1) is 0 Å². The zero-order valence-corrected chi connectivity index (χ0v) is 12.4. The van der Waals surface area contributed by atoms with Crippen LogP contribution in [0.3, 0.4) is 0 Å². The molecular formula is C14H21NO4S. The first-order valence-electron chi connectivity index (χ1n) is 6.87. The molecule has 1 aliphatic rings. The normalized spacial score (nSPS) is 18.0. The maximum absolute atomic E-state index is 12.6. The number of aliphatic hydroxyl groups is 2. The molecule has 1 aromatic rings. The van der Waals surface area contributed by atoms with Gasteiger partial charge in [0.05, 0.1) is 17.6 Å². The third kappa shape index (κ3) is 3.03. The summed E-state index contributed by atoms with van der Waals surface area (Å²) in [7, 11) is -3.57. The summed E-state index contributed by atoms with van der Waals surface area (Å²) in [5.41, 5.74) is 0.682. The van der Waals surface area contributed by atoms with Crippen LogP contribution in [0.15, 0.2) is 29.2 Å². The number of hydrogen-bond donors (Lipinski definition) is 2. The monoisotopic (exact) mass is 299 g/mol. The molecule has 1 fully saturated rings. The molecule has 0 bridgehead atoms. The fourth-order valence-corrected chi connectivity index (χ4v) is 4.00. The standard InChI is InChI=1S/C14H21NO4S/c1-11(17)12-5-7-14(8-6-12)20(18,19)15(9-10-16)13-3-2-4-13/h5-8,11,13,16-17H,2-4,9-10H2,1H3. The Hall–Kier alpha value is -0.950. The van der Waals surface area contributed by atoms with Crippen LogP contribution in [-0.4, -0.2) is 42.1 Å². The van der Waals surface area contributed by atoms with Crippen molar-refractivity contribution in [3.63, 3.8) is 0 Å². The van der Waals surface area contributed by atoms with E-state index in [9.17, 15) is 13.5 Å². The smallest absolute Gasteiger partial charge is 0.243 e. The van der Waals surface area contributed by atoms with Crippen molar-refractivity contribution in [1.82, 2.24) is 4.31 Å². The van der Waals surface area contributed by atoms with Gasteiger partial charge in [0.25, 0.3) is 0 Å². The highest BCUT2D eigenvalue weighted by molar-refractivity contribution is 7.89. The largest absolute Gasteiger partial charge is 0.395 e. The Morgan fingerprint density at radius 1 is 1.30 bits per heavy atom. The lowest BCUT2D eigenvalue weighted by Crippen LogP contribution is -2.45. The molecule has 1 unspecified atom stereocenters. The summed E-state index contributed by atoms with van der Waals surface area (Å²) in [5.74, 6) is 0. The van der Waals surface area contributed by atoms with E-state index in [1.54, 1.807) is 19.1 Å². The van der Waals surface area contributed by atoms with Crippen molar-refractivity contribution < 1.29 is 18.6 Å². The number of hydrogen-bond acceptors (Lipinski definition) is 4. The molecule has 2 rings (SSSR count). The lowest BCUT2D eigenvalue weighted by molar-refractivity contribution is 0.178. The second-order valence-electron chi connectivity index (χ2n) is 5.17. The van der Waals surface area contributed by atoms with Crippen molar-refractivity contribution in [2.75, 3.05) is 13.2 Å². The van der Waals surface area contributed by atoms with Gasteiger partial charge < -0.3 is 10.2 Å². The number of sulfonamides is 1. The van der Waals surface area contributed by atoms with Gasteiger partial charge in [0.1, 0.15) is 0 Å².